The number of ether oxygens (including phenoxy) is 1. The fourth-order valence-electron chi connectivity index (χ4n) is 2.04. The Kier molecular flexibility index (Phi) is 5.35. The van der Waals surface area contributed by atoms with Crippen LogP contribution in [0.4, 0.5) is 14.9 Å². The fourth-order valence-corrected chi connectivity index (χ4v) is 2.04. The lowest BCUT2D eigenvalue weighted by molar-refractivity contribution is 0.0527. The number of aromatic nitrogens is 1. The van der Waals surface area contributed by atoms with Crippen molar-refractivity contribution in [3.63, 3.8) is 0 Å². The van der Waals surface area contributed by atoms with Crippen LogP contribution in [0.5, 0.6) is 0 Å². The van der Waals surface area contributed by atoms with Crippen molar-refractivity contribution in [1.82, 2.24) is 9.88 Å². The van der Waals surface area contributed by atoms with E-state index >= 15 is 0 Å². The molecule has 6 nitrogen and oxygen atoms in total. The minimum absolute atomic E-state index is 0.197. The molecule has 0 bridgehead atoms. The van der Waals surface area contributed by atoms with Crippen LogP contribution in [-0.2, 0) is 4.74 Å². The Balaban J connectivity index is 2.38. The molecule has 1 aromatic carbocycles. The van der Waals surface area contributed by atoms with Crippen molar-refractivity contribution in [2.75, 3.05) is 18.5 Å². The normalized spacial score (nSPS) is 10.2. The topological polar surface area (TPSA) is 72.4 Å². The van der Waals surface area contributed by atoms with Crippen LogP contribution >= 0.6 is 0 Å². The first kappa shape index (κ1) is 16.5. The van der Waals surface area contributed by atoms with Gasteiger partial charge in [0.2, 0.25) is 0 Å². The molecular weight excluding hydrogens is 301 g/mol. The molecule has 0 saturated heterocycles. The van der Waals surface area contributed by atoms with Gasteiger partial charge in [-0.3, -0.25) is 0 Å². The zero-order valence-electron chi connectivity index (χ0n) is 12.9. The van der Waals surface area contributed by atoms with E-state index in [0.29, 0.717) is 17.9 Å². The molecule has 0 fully saturated rings. The Morgan fingerprint density at radius 1 is 1.26 bits per heavy atom. The van der Waals surface area contributed by atoms with Gasteiger partial charge in [-0.25, -0.2) is 14.0 Å². The molecule has 2 aromatic rings. The average molecular weight is 319 g/mol. The molecule has 1 aromatic heterocycles. The van der Waals surface area contributed by atoms with Crippen LogP contribution in [-0.4, -0.2) is 29.7 Å². The number of urea groups is 1. The minimum Gasteiger partial charge on any atom is -0.462 e. The summed E-state index contributed by atoms with van der Waals surface area (Å²) in [5.41, 5.74) is 1.01. The highest BCUT2D eigenvalue weighted by atomic mass is 19.1. The molecule has 0 spiro atoms. The minimum atomic E-state index is -0.561. The van der Waals surface area contributed by atoms with Gasteiger partial charge in [-0.05, 0) is 32.0 Å². The Morgan fingerprint density at radius 2 is 2.04 bits per heavy atom. The highest BCUT2D eigenvalue weighted by Gasteiger charge is 2.18. The van der Waals surface area contributed by atoms with Gasteiger partial charge in [-0.2, -0.15) is 0 Å². The Labute approximate surface area is 133 Å². The predicted molar refractivity (Wildman–Crippen MR) is 84.4 cm³/mol. The number of rotatable bonds is 5. The lowest BCUT2D eigenvalue weighted by Crippen LogP contribution is -2.28. The van der Waals surface area contributed by atoms with Crippen molar-refractivity contribution in [1.29, 1.82) is 0 Å². The number of esters is 1. The number of amides is 2. The van der Waals surface area contributed by atoms with E-state index < -0.39 is 17.8 Å². The molecule has 0 aliphatic carbocycles. The molecular formula is C16H18FN3O3. The first-order valence-corrected chi connectivity index (χ1v) is 7.25. The molecule has 122 valence electrons. The van der Waals surface area contributed by atoms with E-state index in [2.05, 4.69) is 10.6 Å². The summed E-state index contributed by atoms with van der Waals surface area (Å²) in [5, 5.41) is 5.17. The number of carbonyl (C=O) groups is 2. The number of nitrogens with zero attached hydrogens (tertiary/aromatic N) is 1. The molecule has 2 amide bonds. The summed E-state index contributed by atoms with van der Waals surface area (Å²) in [6.07, 6.45) is 3.03. The van der Waals surface area contributed by atoms with E-state index in [9.17, 15) is 14.0 Å². The van der Waals surface area contributed by atoms with Crippen LogP contribution in [0.3, 0.4) is 0 Å². The molecule has 0 atom stereocenters. The van der Waals surface area contributed by atoms with Crippen molar-refractivity contribution in [3.8, 4) is 5.69 Å². The third kappa shape index (κ3) is 4.09. The molecule has 0 unspecified atom stereocenters. The zero-order valence-corrected chi connectivity index (χ0v) is 12.9. The number of halogens is 1. The first-order valence-electron chi connectivity index (χ1n) is 7.25. The van der Waals surface area contributed by atoms with E-state index in [1.807, 2.05) is 0 Å². The third-order valence-electron chi connectivity index (χ3n) is 3.01. The lowest BCUT2D eigenvalue weighted by atomic mass is 10.3. The van der Waals surface area contributed by atoms with E-state index in [0.717, 1.165) is 0 Å². The second kappa shape index (κ2) is 7.44. The fraction of sp³-hybridized carbons (Fsp3) is 0.250. The van der Waals surface area contributed by atoms with Crippen LogP contribution in [0.1, 0.15) is 24.2 Å². The van der Waals surface area contributed by atoms with Gasteiger partial charge in [0.1, 0.15) is 11.4 Å². The maximum absolute atomic E-state index is 13.4. The Morgan fingerprint density at radius 3 is 2.70 bits per heavy atom. The summed E-state index contributed by atoms with van der Waals surface area (Å²) < 4.78 is 19.9. The third-order valence-corrected chi connectivity index (χ3v) is 3.01. The summed E-state index contributed by atoms with van der Waals surface area (Å²) in [6.45, 7) is 4.14. The zero-order chi connectivity index (χ0) is 16.8. The van der Waals surface area contributed by atoms with Gasteiger partial charge in [0, 0.05) is 24.6 Å². The van der Waals surface area contributed by atoms with Gasteiger partial charge < -0.3 is 19.9 Å². The summed E-state index contributed by atoms with van der Waals surface area (Å²) >= 11 is 0. The summed E-state index contributed by atoms with van der Waals surface area (Å²) in [6, 6.07) is 5.47. The summed E-state index contributed by atoms with van der Waals surface area (Å²) in [4.78, 5) is 23.7. The summed E-state index contributed by atoms with van der Waals surface area (Å²) in [7, 11) is 0. The molecule has 0 aliphatic heterocycles. The maximum atomic E-state index is 13.4. The van der Waals surface area contributed by atoms with Crippen molar-refractivity contribution >= 4 is 17.7 Å². The smallest absolute Gasteiger partial charge is 0.341 e. The maximum Gasteiger partial charge on any atom is 0.341 e. The number of hydrogen-bond acceptors (Lipinski definition) is 3. The first-order chi connectivity index (χ1) is 11.0. The van der Waals surface area contributed by atoms with Crippen molar-refractivity contribution < 1.29 is 18.7 Å². The number of nitrogens with one attached hydrogen (secondary N) is 2. The van der Waals surface area contributed by atoms with Gasteiger partial charge in [0.15, 0.2) is 0 Å². The van der Waals surface area contributed by atoms with Crippen LogP contribution in [0.25, 0.3) is 5.69 Å². The second-order valence-corrected chi connectivity index (χ2v) is 4.68. The van der Waals surface area contributed by atoms with E-state index in [1.165, 1.54) is 24.5 Å². The number of carbonyl (C=O) groups excluding carboxylic acids is 2. The highest BCUT2D eigenvalue weighted by Crippen LogP contribution is 2.22. The van der Waals surface area contributed by atoms with Gasteiger partial charge in [0.05, 0.1) is 12.3 Å². The average Bonchev–Trinajstić information content (AvgIpc) is 2.91. The number of hydrogen-bond donors (Lipinski definition) is 2. The van der Waals surface area contributed by atoms with Gasteiger partial charge >= 0.3 is 12.0 Å². The SMILES string of the molecule is CCNC(=O)Nc1cn(-c2cccc(F)c2)cc1C(=O)OCC. The number of benzene rings is 1. The van der Waals surface area contributed by atoms with Crippen molar-refractivity contribution in [2.45, 2.75) is 13.8 Å². The Hall–Kier alpha value is -2.83. The molecule has 2 N–H and O–H groups in total. The van der Waals surface area contributed by atoms with Crippen LogP contribution in [0.2, 0.25) is 0 Å². The largest absolute Gasteiger partial charge is 0.462 e. The van der Waals surface area contributed by atoms with Crippen LogP contribution in [0.15, 0.2) is 36.7 Å². The quantitative estimate of drug-likeness (QED) is 0.832. The van der Waals surface area contributed by atoms with Crippen LogP contribution < -0.4 is 10.6 Å². The van der Waals surface area contributed by atoms with Gasteiger partial charge in [-0.1, -0.05) is 6.07 Å². The molecule has 0 aliphatic rings. The lowest BCUT2D eigenvalue weighted by Gasteiger charge is -2.06. The van der Waals surface area contributed by atoms with Crippen molar-refractivity contribution in [3.05, 3.63) is 48.0 Å². The number of anilines is 1. The standard InChI is InChI=1S/C16H18FN3O3/c1-3-18-16(22)19-14-10-20(9-13(14)15(21)23-4-2)12-7-5-6-11(17)8-12/h5-10H,3-4H2,1-2H3,(H2,18,19,22). The molecule has 2 rings (SSSR count). The van der Waals surface area contributed by atoms with E-state index in [-0.39, 0.29) is 12.2 Å². The molecule has 0 saturated carbocycles. The summed E-state index contributed by atoms with van der Waals surface area (Å²) in [5.74, 6) is -0.957. The van der Waals surface area contributed by atoms with Gasteiger partial charge in [-0.15, -0.1) is 0 Å². The molecule has 0 radical (unpaired) electrons. The second-order valence-electron chi connectivity index (χ2n) is 4.68. The van der Waals surface area contributed by atoms with Gasteiger partial charge in [0.25, 0.3) is 0 Å². The monoisotopic (exact) mass is 319 g/mol. The molecule has 1 heterocycles. The van der Waals surface area contributed by atoms with E-state index in [4.69, 9.17) is 4.74 Å². The Bertz CT molecular complexity index is 712. The predicted octanol–water partition coefficient (Wildman–Crippen LogP) is 2.93. The van der Waals surface area contributed by atoms with Crippen LogP contribution in [0, 0.1) is 5.82 Å². The molecule has 7 heteroatoms. The molecule has 23 heavy (non-hydrogen) atoms. The van der Waals surface area contributed by atoms with Crippen molar-refractivity contribution in [2.24, 2.45) is 0 Å². The van der Waals surface area contributed by atoms with E-state index in [1.54, 1.807) is 30.5 Å². The highest BCUT2D eigenvalue weighted by molar-refractivity contribution is 6.01.